The van der Waals surface area contributed by atoms with Crippen molar-refractivity contribution in [2.75, 3.05) is 23.3 Å². The van der Waals surface area contributed by atoms with Gasteiger partial charge in [0, 0.05) is 31.2 Å². The standard InChI is InChI=1S/C21H23F3N6O2/c1-13-8-14(2)11-28(10-13)18-19-27-30(20(32)29(19)7-6-25-18)12-17(31)26-16-5-3-4-15(9-16)21(22,23)24/h3-7,9,13-14H,8,10-12H2,1-2H3,(H,26,31)/t13-,14-/m1/s1. The van der Waals surface area contributed by atoms with E-state index in [1.165, 1.54) is 28.9 Å². The number of hydrogen-bond acceptors (Lipinski definition) is 5. The average molecular weight is 448 g/mol. The van der Waals surface area contributed by atoms with Gasteiger partial charge in [0.25, 0.3) is 0 Å². The maximum absolute atomic E-state index is 12.9. The Kier molecular flexibility index (Phi) is 5.66. The zero-order valence-corrected chi connectivity index (χ0v) is 17.6. The van der Waals surface area contributed by atoms with Gasteiger partial charge in [-0.15, -0.1) is 5.10 Å². The fourth-order valence-corrected chi connectivity index (χ4v) is 4.21. The number of halogens is 3. The summed E-state index contributed by atoms with van der Waals surface area (Å²) in [6.45, 7) is 5.45. The molecular formula is C21H23F3N6O2. The predicted octanol–water partition coefficient (Wildman–Crippen LogP) is 3.03. The molecule has 2 aromatic heterocycles. The monoisotopic (exact) mass is 448 g/mol. The van der Waals surface area contributed by atoms with E-state index < -0.39 is 29.9 Å². The molecule has 32 heavy (non-hydrogen) atoms. The molecule has 0 bridgehead atoms. The number of hydrogen-bond donors (Lipinski definition) is 1. The van der Waals surface area contributed by atoms with Gasteiger partial charge in [-0.05, 0) is 36.5 Å². The van der Waals surface area contributed by atoms with E-state index >= 15 is 0 Å². The molecule has 1 fully saturated rings. The number of amides is 1. The lowest BCUT2D eigenvalue weighted by molar-refractivity contribution is -0.137. The van der Waals surface area contributed by atoms with Crippen molar-refractivity contribution in [3.63, 3.8) is 0 Å². The molecule has 1 aliphatic rings. The lowest BCUT2D eigenvalue weighted by Crippen LogP contribution is -2.39. The number of anilines is 2. The average Bonchev–Trinajstić information content (AvgIpc) is 3.02. The molecule has 3 heterocycles. The van der Waals surface area contributed by atoms with E-state index in [-0.39, 0.29) is 5.69 Å². The largest absolute Gasteiger partial charge is 0.416 e. The summed E-state index contributed by atoms with van der Waals surface area (Å²) in [5, 5.41) is 6.69. The van der Waals surface area contributed by atoms with Crippen LogP contribution in [0.15, 0.2) is 41.5 Å². The minimum atomic E-state index is -4.52. The number of alkyl halides is 3. The number of nitrogens with zero attached hydrogens (tertiary/aromatic N) is 5. The molecule has 4 rings (SSSR count). The number of rotatable bonds is 4. The number of carbonyl (C=O) groups is 1. The van der Waals surface area contributed by atoms with Crippen LogP contribution in [0.2, 0.25) is 0 Å². The van der Waals surface area contributed by atoms with Crippen molar-refractivity contribution in [2.45, 2.75) is 33.0 Å². The first-order valence-corrected chi connectivity index (χ1v) is 10.3. The molecule has 3 aromatic rings. The summed E-state index contributed by atoms with van der Waals surface area (Å²) in [5.74, 6) is 0.838. The number of carbonyl (C=O) groups excluding carboxylic acids is 1. The third-order valence-corrected chi connectivity index (χ3v) is 5.42. The van der Waals surface area contributed by atoms with Crippen LogP contribution in [0.4, 0.5) is 24.7 Å². The highest BCUT2D eigenvalue weighted by atomic mass is 19.4. The number of aromatic nitrogens is 4. The molecule has 0 saturated carbocycles. The first kappa shape index (κ1) is 21.8. The highest BCUT2D eigenvalue weighted by Crippen LogP contribution is 2.30. The minimum absolute atomic E-state index is 0.0136. The van der Waals surface area contributed by atoms with Crippen molar-refractivity contribution in [3.05, 3.63) is 52.7 Å². The first-order chi connectivity index (χ1) is 15.1. The second-order valence-electron chi connectivity index (χ2n) is 8.36. The second kappa shape index (κ2) is 8.29. The van der Waals surface area contributed by atoms with E-state index in [1.807, 2.05) is 0 Å². The summed E-state index contributed by atoms with van der Waals surface area (Å²) in [6, 6.07) is 4.30. The summed E-state index contributed by atoms with van der Waals surface area (Å²) in [7, 11) is 0. The fraction of sp³-hybridized carbons (Fsp3) is 0.429. The lowest BCUT2D eigenvalue weighted by Gasteiger charge is -2.35. The van der Waals surface area contributed by atoms with E-state index in [0.29, 0.717) is 23.3 Å². The first-order valence-electron chi connectivity index (χ1n) is 10.3. The summed E-state index contributed by atoms with van der Waals surface area (Å²) < 4.78 is 41.0. The zero-order valence-electron chi connectivity index (χ0n) is 17.6. The Morgan fingerprint density at radius 2 is 1.94 bits per heavy atom. The van der Waals surface area contributed by atoms with Gasteiger partial charge in [0.2, 0.25) is 11.6 Å². The zero-order chi connectivity index (χ0) is 23.0. The fourth-order valence-electron chi connectivity index (χ4n) is 4.21. The van der Waals surface area contributed by atoms with Gasteiger partial charge in [-0.2, -0.15) is 13.2 Å². The molecule has 1 aromatic carbocycles. The summed E-state index contributed by atoms with van der Waals surface area (Å²) in [6.07, 6.45) is -0.419. The van der Waals surface area contributed by atoms with Gasteiger partial charge in [0.1, 0.15) is 6.54 Å². The van der Waals surface area contributed by atoms with Crippen LogP contribution in [0, 0.1) is 11.8 Å². The molecule has 2 atom stereocenters. The van der Waals surface area contributed by atoms with Gasteiger partial charge in [-0.3, -0.25) is 4.79 Å². The maximum Gasteiger partial charge on any atom is 0.416 e. The number of piperidine rings is 1. The summed E-state index contributed by atoms with van der Waals surface area (Å²) in [5.41, 5.74) is -1.08. The van der Waals surface area contributed by atoms with E-state index in [4.69, 9.17) is 0 Å². The normalized spacial score (nSPS) is 19.3. The van der Waals surface area contributed by atoms with Crippen LogP contribution in [-0.4, -0.2) is 38.2 Å². The van der Waals surface area contributed by atoms with Gasteiger partial charge >= 0.3 is 11.9 Å². The van der Waals surface area contributed by atoms with Crippen LogP contribution in [0.5, 0.6) is 0 Å². The molecule has 1 saturated heterocycles. The topological polar surface area (TPSA) is 84.5 Å². The van der Waals surface area contributed by atoms with Gasteiger partial charge in [0.05, 0.1) is 5.56 Å². The van der Waals surface area contributed by atoms with E-state index in [0.717, 1.165) is 36.3 Å². The molecule has 170 valence electrons. The molecule has 1 amide bonds. The van der Waals surface area contributed by atoms with Crippen LogP contribution in [0.25, 0.3) is 5.65 Å². The maximum atomic E-state index is 12.9. The second-order valence-corrected chi connectivity index (χ2v) is 8.36. The Bertz CT molecular complexity index is 1190. The van der Waals surface area contributed by atoms with Gasteiger partial charge in [-0.25, -0.2) is 18.9 Å². The molecule has 0 aliphatic carbocycles. The van der Waals surface area contributed by atoms with Crippen molar-refractivity contribution in [1.82, 2.24) is 19.2 Å². The summed E-state index contributed by atoms with van der Waals surface area (Å²) >= 11 is 0. The smallest absolute Gasteiger partial charge is 0.353 e. The Balaban J connectivity index is 1.57. The van der Waals surface area contributed by atoms with Gasteiger partial charge < -0.3 is 10.2 Å². The highest BCUT2D eigenvalue weighted by molar-refractivity contribution is 5.90. The molecule has 11 heteroatoms. The van der Waals surface area contributed by atoms with Crippen molar-refractivity contribution in [3.8, 4) is 0 Å². The molecule has 1 N–H and O–H groups in total. The molecule has 8 nitrogen and oxygen atoms in total. The van der Waals surface area contributed by atoms with Gasteiger partial charge in [-0.1, -0.05) is 19.9 Å². The predicted molar refractivity (Wildman–Crippen MR) is 112 cm³/mol. The van der Waals surface area contributed by atoms with Gasteiger partial charge in [0.15, 0.2) is 5.82 Å². The SMILES string of the molecule is C[C@@H]1C[C@@H](C)CN(c2nccn3c(=O)n(CC(=O)Nc4cccc(C(F)(F)F)c4)nc23)C1. The Hall–Kier alpha value is -3.37. The van der Waals surface area contributed by atoms with E-state index in [9.17, 15) is 22.8 Å². The molecule has 0 spiro atoms. The number of nitrogens with one attached hydrogen (secondary N) is 1. The van der Waals surface area contributed by atoms with Crippen molar-refractivity contribution < 1.29 is 18.0 Å². The van der Waals surface area contributed by atoms with Crippen molar-refractivity contribution in [2.24, 2.45) is 11.8 Å². The number of fused-ring (bicyclic) bond motifs is 1. The van der Waals surface area contributed by atoms with Crippen LogP contribution in [-0.2, 0) is 17.5 Å². The van der Waals surface area contributed by atoms with E-state index in [1.54, 1.807) is 0 Å². The van der Waals surface area contributed by atoms with Crippen molar-refractivity contribution >= 4 is 23.1 Å². The third kappa shape index (κ3) is 4.46. The molecule has 0 unspecified atom stereocenters. The minimum Gasteiger partial charge on any atom is -0.353 e. The Morgan fingerprint density at radius 1 is 1.22 bits per heavy atom. The van der Waals surface area contributed by atoms with Crippen molar-refractivity contribution in [1.29, 1.82) is 0 Å². The quantitative estimate of drug-likeness (QED) is 0.663. The molecular weight excluding hydrogens is 425 g/mol. The highest BCUT2D eigenvalue weighted by Gasteiger charge is 2.30. The molecule has 0 radical (unpaired) electrons. The Labute approximate surface area is 181 Å². The van der Waals surface area contributed by atoms with Crippen LogP contribution in [0.1, 0.15) is 25.8 Å². The third-order valence-electron chi connectivity index (χ3n) is 5.42. The summed E-state index contributed by atoms with van der Waals surface area (Å²) in [4.78, 5) is 31.7. The van der Waals surface area contributed by atoms with Crippen LogP contribution in [0.3, 0.4) is 0 Å². The van der Waals surface area contributed by atoms with Crippen LogP contribution >= 0.6 is 0 Å². The Morgan fingerprint density at radius 3 is 2.62 bits per heavy atom. The lowest BCUT2D eigenvalue weighted by atomic mass is 9.92. The van der Waals surface area contributed by atoms with E-state index in [2.05, 4.69) is 34.1 Å². The number of benzene rings is 1. The molecule has 1 aliphatic heterocycles. The van der Waals surface area contributed by atoms with Crippen LogP contribution < -0.4 is 15.9 Å².